The summed E-state index contributed by atoms with van der Waals surface area (Å²) in [5.41, 5.74) is 9.26. The van der Waals surface area contributed by atoms with Crippen molar-refractivity contribution in [3.05, 3.63) is 53.1 Å². The summed E-state index contributed by atoms with van der Waals surface area (Å²) >= 11 is 6.16. The van der Waals surface area contributed by atoms with Gasteiger partial charge in [-0.25, -0.2) is 0 Å². The molecule has 2 nitrogen and oxygen atoms in total. The van der Waals surface area contributed by atoms with Crippen molar-refractivity contribution >= 4 is 11.6 Å². The first kappa shape index (κ1) is 12.9. The largest absolute Gasteiger partial charge is 0.495 e. The molecule has 94 valence electrons. The fourth-order valence-electron chi connectivity index (χ4n) is 1.99. The molecule has 0 aromatic heterocycles. The Balaban J connectivity index is 2.52. The molecule has 2 aromatic carbocycles. The van der Waals surface area contributed by atoms with Crippen LogP contribution in [-0.4, -0.2) is 7.11 Å². The molecule has 0 amide bonds. The van der Waals surface area contributed by atoms with Gasteiger partial charge in [0.05, 0.1) is 12.1 Å². The molecule has 0 aliphatic carbocycles. The van der Waals surface area contributed by atoms with Crippen molar-refractivity contribution < 1.29 is 4.74 Å². The van der Waals surface area contributed by atoms with Crippen LogP contribution in [0.4, 0.5) is 0 Å². The highest BCUT2D eigenvalue weighted by Gasteiger charge is 2.09. The van der Waals surface area contributed by atoms with Crippen molar-refractivity contribution in [2.24, 2.45) is 5.73 Å². The van der Waals surface area contributed by atoms with Crippen molar-refractivity contribution in [3.8, 4) is 16.9 Å². The number of halogens is 1. The number of benzene rings is 2. The third kappa shape index (κ3) is 2.50. The van der Waals surface area contributed by atoms with E-state index in [9.17, 15) is 0 Å². The van der Waals surface area contributed by atoms with Gasteiger partial charge in [-0.2, -0.15) is 0 Å². The van der Waals surface area contributed by atoms with Gasteiger partial charge < -0.3 is 10.5 Å². The molecule has 0 aliphatic heterocycles. The summed E-state index contributed by atoms with van der Waals surface area (Å²) in [6, 6.07) is 13.8. The summed E-state index contributed by atoms with van der Waals surface area (Å²) in [6.07, 6.45) is 0. The van der Waals surface area contributed by atoms with E-state index < -0.39 is 0 Å². The van der Waals surface area contributed by atoms with E-state index >= 15 is 0 Å². The van der Waals surface area contributed by atoms with Gasteiger partial charge in [0.1, 0.15) is 5.75 Å². The van der Waals surface area contributed by atoms with Gasteiger partial charge in [0.2, 0.25) is 0 Å². The summed E-state index contributed by atoms with van der Waals surface area (Å²) in [4.78, 5) is 0. The summed E-state index contributed by atoms with van der Waals surface area (Å²) in [5.74, 6) is 0.679. The minimum Gasteiger partial charge on any atom is -0.495 e. The van der Waals surface area contributed by atoms with Crippen molar-refractivity contribution in [2.75, 3.05) is 7.11 Å². The predicted molar refractivity (Wildman–Crippen MR) is 76.0 cm³/mol. The fraction of sp³-hybridized carbons (Fsp3) is 0.200. The minimum atomic E-state index is -0.0120. The van der Waals surface area contributed by atoms with Crippen molar-refractivity contribution in [1.82, 2.24) is 0 Å². The topological polar surface area (TPSA) is 35.2 Å². The first-order chi connectivity index (χ1) is 8.63. The van der Waals surface area contributed by atoms with Gasteiger partial charge in [0, 0.05) is 6.04 Å². The van der Waals surface area contributed by atoms with Crippen LogP contribution in [0.25, 0.3) is 11.1 Å². The zero-order valence-corrected chi connectivity index (χ0v) is 11.2. The van der Waals surface area contributed by atoms with Crippen molar-refractivity contribution in [1.29, 1.82) is 0 Å². The molecule has 2 aromatic rings. The average molecular weight is 262 g/mol. The Morgan fingerprint density at radius 2 is 1.89 bits per heavy atom. The van der Waals surface area contributed by atoms with Crippen LogP contribution in [0.15, 0.2) is 42.5 Å². The number of hydrogen-bond donors (Lipinski definition) is 1. The van der Waals surface area contributed by atoms with E-state index in [1.54, 1.807) is 7.11 Å². The van der Waals surface area contributed by atoms with Crippen LogP contribution < -0.4 is 10.5 Å². The van der Waals surface area contributed by atoms with Crippen LogP contribution >= 0.6 is 11.6 Å². The SMILES string of the molecule is COc1ccc(-c2ccccc2C(C)N)cc1Cl. The zero-order chi connectivity index (χ0) is 13.1. The molecule has 0 radical (unpaired) electrons. The summed E-state index contributed by atoms with van der Waals surface area (Å²) in [6.45, 7) is 1.98. The van der Waals surface area contributed by atoms with Crippen molar-refractivity contribution in [2.45, 2.75) is 13.0 Å². The molecular formula is C15H16ClNO. The van der Waals surface area contributed by atoms with Gasteiger partial charge >= 0.3 is 0 Å². The number of nitrogens with two attached hydrogens (primary N) is 1. The molecule has 2 rings (SSSR count). The van der Waals surface area contributed by atoms with Crippen molar-refractivity contribution in [3.63, 3.8) is 0 Å². The van der Waals surface area contributed by atoms with Gasteiger partial charge in [0.25, 0.3) is 0 Å². The lowest BCUT2D eigenvalue weighted by Gasteiger charge is -2.13. The van der Waals surface area contributed by atoms with Crippen LogP contribution in [-0.2, 0) is 0 Å². The molecule has 0 spiro atoms. The maximum atomic E-state index is 6.16. The molecule has 1 unspecified atom stereocenters. The monoisotopic (exact) mass is 261 g/mol. The van der Waals surface area contributed by atoms with E-state index in [1.807, 2.05) is 43.3 Å². The number of methoxy groups -OCH3 is 1. The standard InChI is InChI=1S/C15H16ClNO/c1-10(17)12-5-3-4-6-13(12)11-7-8-15(18-2)14(16)9-11/h3-10H,17H2,1-2H3. The summed E-state index contributed by atoms with van der Waals surface area (Å²) in [5, 5.41) is 0.606. The van der Waals surface area contributed by atoms with E-state index in [1.165, 1.54) is 0 Å². The van der Waals surface area contributed by atoms with Gasteiger partial charge in [0.15, 0.2) is 0 Å². The quantitative estimate of drug-likeness (QED) is 0.905. The third-order valence-corrected chi connectivity index (χ3v) is 3.21. The van der Waals surface area contributed by atoms with Gasteiger partial charge in [-0.3, -0.25) is 0 Å². The smallest absolute Gasteiger partial charge is 0.137 e. The molecule has 2 N–H and O–H groups in total. The Kier molecular flexibility index (Phi) is 3.90. The van der Waals surface area contributed by atoms with Gasteiger partial charge in [-0.05, 0) is 35.7 Å². The molecule has 3 heteroatoms. The maximum Gasteiger partial charge on any atom is 0.137 e. The number of rotatable bonds is 3. The van der Waals surface area contributed by atoms with E-state index in [2.05, 4.69) is 6.07 Å². The molecule has 0 saturated carbocycles. The lowest BCUT2D eigenvalue weighted by Crippen LogP contribution is -2.06. The van der Waals surface area contributed by atoms with Crippen LogP contribution in [0.5, 0.6) is 5.75 Å². The lowest BCUT2D eigenvalue weighted by molar-refractivity contribution is 0.415. The Hall–Kier alpha value is -1.51. The van der Waals surface area contributed by atoms with E-state index in [0.29, 0.717) is 10.8 Å². The number of hydrogen-bond acceptors (Lipinski definition) is 2. The van der Waals surface area contributed by atoms with E-state index in [-0.39, 0.29) is 6.04 Å². The molecule has 0 fully saturated rings. The highest BCUT2D eigenvalue weighted by atomic mass is 35.5. The van der Waals surface area contributed by atoms with E-state index in [0.717, 1.165) is 16.7 Å². The Labute approximate surface area is 112 Å². The Morgan fingerprint density at radius 3 is 2.50 bits per heavy atom. The predicted octanol–water partition coefficient (Wildman–Crippen LogP) is 4.04. The van der Waals surface area contributed by atoms with Gasteiger partial charge in [-0.15, -0.1) is 0 Å². The highest BCUT2D eigenvalue weighted by Crippen LogP contribution is 2.33. The molecular weight excluding hydrogens is 246 g/mol. The van der Waals surface area contributed by atoms with Crippen LogP contribution in [0.2, 0.25) is 5.02 Å². The first-order valence-electron chi connectivity index (χ1n) is 5.82. The summed E-state index contributed by atoms with van der Waals surface area (Å²) < 4.78 is 5.16. The molecule has 1 atom stereocenters. The second-order valence-corrected chi connectivity index (χ2v) is 4.63. The Morgan fingerprint density at radius 1 is 1.17 bits per heavy atom. The van der Waals surface area contributed by atoms with E-state index in [4.69, 9.17) is 22.1 Å². The Bertz CT molecular complexity index is 552. The normalized spacial score (nSPS) is 12.2. The molecule has 0 saturated heterocycles. The first-order valence-corrected chi connectivity index (χ1v) is 6.19. The summed E-state index contributed by atoms with van der Waals surface area (Å²) in [7, 11) is 1.61. The third-order valence-electron chi connectivity index (χ3n) is 2.91. The average Bonchev–Trinajstić information content (AvgIpc) is 2.38. The maximum absolute atomic E-state index is 6.16. The van der Waals surface area contributed by atoms with Crippen LogP contribution in [0, 0.1) is 0 Å². The minimum absolute atomic E-state index is 0.0120. The zero-order valence-electron chi connectivity index (χ0n) is 10.5. The molecule has 0 bridgehead atoms. The second kappa shape index (κ2) is 5.42. The number of ether oxygens (including phenoxy) is 1. The molecule has 0 heterocycles. The fourth-order valence-corrected chi connectivity index (χ4v) is 2.25. The van der Waals surface area contributed by atoms with Gasteiger partial charge in [-0.1, -0.05) is 41.9 Å². The highest BCUT2D eigenvalue weighted by molar-refractivity contribution is 6.32. The molecule has 18 heavy (non-hydrogen) atoms. The second-order valence-electron chi connectivity index (χ2n) is 4.23. The van der Waals surface area contributed by atoms with Crippen LogP contribution in [0.3, 0.4) is 0 Å². The lowest BCUT2D eigenvalue weighted by atomic mass is 9.96. The molecule has 0 aliphatic rings. The van der Waals surface area contributed by atoms with Crippen LogP contribution in [0.1, 0.15) is 18.5 Å².